The highest BCUT2D eigenvalue weighted by molar-refractivity contribution is 9.69. The van der Waals surface area contributed by atoms with Gasteiger partial charge < -0.3 is 52.3 Å². The van der Waals surface area contributed by atoms with Crippen molar-refractivity contribution >= 4 is 247 Å². The van der Waals surface area contributed by atoms with Crippen LogP contribution in [-0.4, -0.2) is 72.7 Å². The normalized spacial score (nSPS) is 11.1. The molecule has 14 nitrogen and oxygen atoms in total. The zero-order chi connectivity index (χ0) is 95.9. The second kappa shape index (κ2) is 41.2. The number of allylic oxidation sites excluding steroid dienone is 1. The van der Waals surface area contributed by atoms with Gasteiger partial charge in [-0.3, -0.25) is 4.79 Å². The van der Waals surface area contributed by atoms with Gasteiger partial charge in [0.15, 0.2) is 0 Å². The lowest BCUT2D eigenvalue weighted by Gasteiger charge is -2.13. The summed E-state index contributed by atoms with van der Waals surface area (Å²) in [6, 6.07) is 124. The Bertz CT molecular complexity index is 8320. The highest BCUT2D eigenvalue weighted by Crippen LogP contribution is 2.49. The van der Waals surface area contributed by atoms with Gasteiger partial charge in [0.2, 0.25) is 5.24 Å². The van der Waals surface area contributed by atoms with Gasteiger partial charge in [-0.25, -0.2) is 9.59 Å². The summed E-state index contributed by atoms with van der Waals surface area (Å²) in [6.45, 7) is 10.0. The quantitative estimate of drug-likeness (QED) is 0.0394. The summed E-state index contributed by atoms with van der Waals surface area (Å²) in [4.78, 5) is 33.5. The number of esters is 2. The standard InChI is InChI=1S/C32H21NO4.C28H21NO2.C26H17NO2.C21H14.C8H9BrO2.C3H3ClO.BBr3/c1-3-29(34)36-23-17-22(18-24(19-23)37-30(35)4-2)33-27-15-13-20-9-5-7-11-25(20)31(27)32-26-12-8-6-10-21(26)14-16-28(32)33;1-30-21-15-20(16-22(17-21)31-2)29-25-13-11-18-7-3-5-9-23(18)27(25)28-24-10-6-4-8-19(24)12-14-26(28)29;28-19-13-18(14-20(29)15-19)27-23-11-9-16-5-1-3-7-21(16)25(23)26-22-8-4-2-6-17(22)10-12-24(26)27;1-3-7-18-14(5-1)9-11-16-13-17-12-10-15-6-2-4-8-19(15)21(17)20(16)18;1-10-7-3-6(9)4-8(5-7)11-2;1-2-3(4)5;2-1(3)4/h3-19H,1-2H2;3-17H,1-2H3;1-15,28-29H;1-12H,13H2;3-5H,1-2H3;2H,1H2;. The van der Waals surface area contributed by atoms with Crippen LogP contribution in [0.5, 0.6) is 46.0 Å². The molecule has 0 amide bonds. The lowest BCUT2D eigenvalue weighted by molar-refractivity contribution is -0.129. The van der Waals surface area contributed by atoms with E-state index in [4.69, 9.17) is 40.0 Å². The van der Waals surface area contributed by atoms with E-state index in [1.807, 2.05) is 48.5 Å². The SMILES string of the molecule is BrB(Br)Br.C=CC(=O)Cl.C=CC(=O)Oc1cc(OC(=O)C=C)cc(-n2c3ccc4ccccc4c3c3c4ccccc4ccc32)c1.COc1cc(Br)cc(OC)c1.COc1cc(OC)cc(-n2c3ccc4ccccc4c3c3c4ccccc4ccc32)c1.Oc1cc(O)cc(-n2c3ccc4ccccc4c3c3c4ccccc4ccc32)c1.c1ccc2c3c(ccc2c1)Cc1ccc2ccccc2c1-3. The third-order valence-electron chi connectivity index (χ3n) is 24.4. The van der Waals surface area contributed by atoms with Gasteiger partial charge in [0, 0.05) is 110 Å². The molecule has 0 saturated heterocycles. The Balaban J connectivity index is 0.000000116. The Hall–Kier alpha value is -15.2. The van der Waals surface area contributed by atoms with Crippen LogP contribution < -0.4 is 28.4 Å². The number of methoxy groups -OCH3 is 4. The molecule has 1 aliphatic carbocycles. The molecule has 676 valence electrons. The maximum Gasteiger partial charge on any atom is 0.369 e. The van der Waals surface area contributed by atoms with Crippen LogP contribution in [-0.2, 0) is 20.8 Å². The largest absolute Gasteiger partial charge is 0.508 e. The van der Waals surface area contributed by atoms with E-state index in [1.54, 1.807) is 52.7 Å². The predicted molar refractivity (Wildman–Crippen MR) is 586 cm³/mol. The number of phenols is 2. The van der Waals surface area contributed by atoms with Gasteiger partial charge in [0.25, 0.3) is 0 Å². The van der Waals surface area contributed by atoms with Crippen LogP contribution in [0.3, 0.4) is 0 Å². The highest BCUT2D eigenvalue weighted by Gasteiger charge is 2.26. The van der Waals surface area contributed by atoms with Gasteiger partial charge >= 0.3 is 15.1 Å². The van der Waals surface area contributed by atoms with Gasteiger partial charge in [-0.1, -0.05) is 290 Å². The zero-order valence-corrected chi connectivity index (χ0v) is 82.2. The van der Waals surface area contributed by atoms with Gasteiger partial charge in [0.1, 0.15) is 46.0 Å². The zero-order valence-electron chi connectivity index (χ0n) is 75.1. The number of fused-ring (bicyclic) bond motifs is 28. The first-order valence-corrected chi connectivity index (χ1v) is 47.9. The van der Waals surface area contributed by atoms with E-state index in [2.05, 4.69) is 376 Å². The van der Waals surface area contributed by atoms with Crippen LogP contribution in [0, 0.1) is 0 Å². The van der Waals surface area contributed by atoms with E-state index >= 15 is 0 Å². The smallest absolute Gasteiger partial charge is 0.369 e. The third-order valence-corrected chi connectivity index (χ3v) is 25.0. The number of rotatable bonds is 12. The van der Waals surface area contributed by atoms with Crippen LogP contribution in [0.1, 0.15) is 11.1 Å². The molecule has 0 unspecified atom stereocenters. The van der Waals surface area contributed by atoms with Crippen LogP contribution in [0.4, 0.5) is 0 Å². The van der Waals surface area contributed by atoms with Crippen molar-refractivity contribution in [3.05, 3.63) is 418 Å². The number of nitrogens with zero attached hydrogens (tertiary/aromatic N) is 3. The Morgan fingerprint density at radius 3 is 0.775 bits per heavy atom. The second-order valence-corrected chi connectivity index (χ2v) is 40.1. The molecule has 3 aromatic heterocycles. The monoisotopic (exact) mass is 2080 g/mol. The van der Waals surface area contributed by atoms with Gasteiger partial charge in [-0.2, -0.15) is 0 Å². The van der Waals surface area contributed by atoms with Crippen molar-refractivity contribution in [1.29, 1.82) is 0 Å². The molecular formula is C118H85BBr4ClN3O11. The van der Waals surface area contributed by atoms with Gasteiger partial charge in [-0.05, 0) is 181 Å². The van der Waals surface area contributed by atoms with E-state index < -0.39 is 17.2 Å². The molecule has 0 bridgehead atoms. The number of ether oxygens (including phenoxy) is 6. The highest BCUT2D eigenvalue weighted by atomic mass is 79.9. The van der Waals surface area contributed by atoms with Crippen molar-refractivity contribution in [2.45, 2.75) is 6.42 Å². The molecule has 0 radical (unpaired) electrons. The molecule has 20 aromatic carbocycles. The van der Waals surface area contributed by atoms with Crippen LogP contribution >= 0.6 is 74.8 Å². The van der Waals surface area contributed by atoms with E-state index in [9.17, 15) is 24.6 Å². The van der Waals surface area contributed by atoms with Gasteiger partial charge in [-0.15, -0.1) is 47.3 Å². The first-order chi connectivity index (χ1) is 67.2. The molecule has 3 heterocycles. The van der Waals surface area contributed by atoms with Crippen molar-refractivity contribution in [2.75, 3.05) is 28.4 Å². The maximum absolute atomic E-state index is 12.0. The molecule has 20 heteroatoms. The molecule has 0 atom stereocenters. The molecule has 2 N–H and O–H groups in total. The predicted octanol–water partition coefficient (Wildman–Crippen LogP) is 32.0. The number of phenolic OH excluding ortho intramolecular Hbond substituents is 2. The van der Waals surface area contributed by atoms with Crippen molar-refractivity contribution in [2.24, 2.45) is 0 Å². The van der Waals surface area contributed by atoms with Crippen molar-refractivity contribution < 1.29 is 53.0 Å². The molecule has 0 aliphatic heterocycles. The number of benzene rings is 20. The van der Waals surface area contributed by atoms with Crippen LogP contribution in [0.15, 0.2) is 406 Å². The number of hydrogen-bond donors (Lipinski definition) is 2. The fourth-order valence-electron chi connectivity index (χ4n) is 18.7. The fraction of sp³-hybridized carbons (Fsp3) is 0.0424. The lowest BCUT2D eigenvalue weighted by Crippen LogP contribution is -2.07. The molecule has 138 heavy (non-hydrogen) atoms. The number of carbonyl (C=O) groups excluding carboxylic acids is 3. The van der Waals surface area contributed by atoms with E-state index in [0.717, 1.165) is 118 Å². The third kappa shape index (κ3) is 18.9. The summed E-state index contributed by atoms with van der Waals surface area (Å²) in [5, 5.41) is 46.5. The Labute approximate surface area is 833 Å². The van der Waals surface area contributed by atoms with E-state index in [0.29, 0.717) is 5.69 Å². The summed E-state index contributed by atoms with van der Waals surface area (Å²) in [6.07, 6.45) is 4.27. The van der Waals surface area contributed by atoms with E-state index in [-0.39, 0.29) is 26.2 Å². The lowest BCUT2D eigenvalue weighted by atomic mass is 9.94. The number of carbonyl (C=O) groups is 3. The average molecular weight is 2090 g/mol. The summed E-state index contributed by atoms with van der Waals surface area (Å²) < 4.78 is 39.8. The number of aromatic hydroxyl groups is 2. The fourth-order valence-corrected chi connectivity index (χ4v) is 19.2. The number of halogens is 5. The summed E-state index contributed by atoms with van der Waals surface area (Å²) >= 11 is 17.4. The minimum atomic E-state index is -0.614. The van der Waals surface area contributed by atoms with Crippen LogP contribution in [0.25, 0.3) is 180 Å². The molecular weight excluding hydrogens is 2000 g/mol. The maximum atomic E-state index is 12.0. The second-order valence-electron chi connectivity index (χ2n) is 32.4. The van der Waals surface area contributed by atoms with Crippen molar-refractivity contribution in [3.63, 3.8) is 0 Å². The van der Waals surface area contributed by atoms with Crippen LogP contribution in [0.2, 0.25) is 0 Å². The molecule has 24 rings (SSSR count). The Kier molecular flexibility index (Phi) is 27.8. The number of aromatic nitrogens is 3. The summed E-state index contributed by atoms with van der Waals surface area (Å²) in [5.74, 6) is 2.42. The first kappa shape index (κ1) is 93.2. The summed E-state index contributed by atoms with van der Waals surface area (Å²) in [7, 11) is 6.62. The molecule has 23 aromatic rings. The van der Waals surface area contributed by atoms with E-state index in [1.165, 1.54) is 132 Å². The minimum absolute atomic E-state index is 0.0385. The van der Waals surface area contributed by atoms with Crippen molar-refractivity contribution in [1.82, 2.24) is 13.7 Å². The minimum Gasteiger partial charge on any atom is -0.508 e. The molecule has 0 fully saturated rings. The topological polar surface area (TPSA) is 162 Å². The summed E-state index contributed by atoms with van der Waals surface area (Å²) in [5.41, 5.74) is 14.6. The molecule has 0 spiro atoms. The Morgan fingerprint density at radius 1 is 0.304 bits per heavy atom. The Morgan fingerprint density at radius 2 is 0.522 bits per heavy atom. The van der Waals surface area contributed by atoms with Crippen molar-refractivity contribution in [3.8, 4) is 74.2 Å². The van der Waals surface area contributed by atoms with Gasteiger partial charge in [0.05, 0.1) is 78.6 Å². The molecule has 1 aliphatic rings. The first-order valence-electron chi connectivity index (χ1n) is 44.0. The molecule has 0 saturated carbocycles. The average Bonchev–Trinajstić information content (AvgIpc) is 1.57. The number of hydrogen-bond acceptors (Lipinski definition) is 11.